The van der Waals surface area contributed by atoms with E-state index in [1.54, 1.807) is 6.20 Å². The maximum atomic E-state index is 13.4. The van der Waals surface area contributed by atoms with Gasteiger partial charge in [0.2, 0.25) is 0 Å². The zero-order valence-electron chi connectivity index (χ0n) is 17.5. The van der Waals surface area contributed by atoms with Gasteiger partial charge in [-0.15, -0.1) is 0 Å². The highest BCUT2D eigenvalue weighted by Crippen LogP contribution is 2.28. The summed E-state index contributed by atoms with van der Waals surface area (Å²) in [6.07, 6.45) is 7.24. The summed E-state index contributed by atoms with van der Waals surface area (Å²) in [7, 11) is 0. The number of anilines is 4. The predicted octanol–water partition coefficient (Wildman–Crippen LogP) is 4.66. The zero-order chi connectivity index (χ0) is 22.1. The van der Waals surface area contributed by atoms with Gasteiger partial charge in [0.25, 0.3) is 0 Å². The Hall–Kier alpha value is -3.94. The van der Waals surface area contributed by atoms with Crippen LogP contribution in [0.2, 0.25) is 0 Å². The van der Waals surface area contributed by atoms with Crippen LogP contribution in [0.25, 0.3) is 16.9 Å². The van der Waals surface area contributed by atoms with Gasteiger partial charge in [0.15, 0.2) is 11.5 Å². The van der Waals surface area contributed by atoms with Crippen molar-refractivity contribution in [3.05, 3.63) is 66.6 Å². The SMILES string of the molecule is N=Cc1ccc(-c2cn3ccnc3c(Nc3ccc(N4CCC(F)CC4)cc3)n2)cc1N. The number of benzene rings is 2. The first-order valence-electron chi connectivity index (χ1n) is 10.6. The smallest absolute Gasteiger partial charge is 0.180 e. The first-order chi connectivity index (χ1) is 15.6. The molecule has 2 aromatic heterocycles. The molecule has 7 nitrogen and oxygen atoms in total. The van der Waals surface area contributed by atoms with Gasteiger partial charge >= 0.3 is 0 Å². The van der Waals surface area contributed by atoms with E-state index in [2.05, 4.69) is 15.2 Å². The largest absolute Gasteiger partial charge is 0.398 e. The molecule has 1 saturated heterocycles. The summed E-state index contributed by atoms with van der Waals surface area (Å²) in [5, 5.41) is 10.8. The molecule has 0 aliphatic carbocycles. The van der Waals surface area contributed by atoms with E-state index in [4.69, 9.17) is 16.1 Å². The lowest BCUT2D eigenvalue weighted by Crippen LogP contribution is -2.34. The molecule has 3 heterocycles. The van der Waals surface area contributed by atoms with E-state index in [0.29, 0.717) is 35.6 Å². The molecule has 8 heteroatoms. The van der Waals surface area contributed by atoms with Crippen LogP contribution < -0.4 is 16.0 Å². The average Bonchev–Trinajstić information content (AvgIpc) is 3.29. The number of nitrogens with two attached hydrogens (primary N) is 1. The molecule has 1 aliphatic rings. The van der Waals surface area contributed by atoms with Gasteiger partial charge in [0, 0.05) is 66.1 Å². The topological polar surface area (TPSA) is 95.3 Å². The number of imidazole rings is 1. The summed E-state index contributed by atoms with van der Waals surface area (Å²) in [6.45, 7) is 1.48. The molecule has 1 fully saturated rings. The van der Waals surface area contributed by atoms with Gasteiger partial charge in [0.1, 0.15) is 6.17 Å². The molecule has 0 saturated carbocycles. The Bertz CT molecular complexity index is 1260. The number of hydrogen-bond donors (Lipinski definition) is 3. The molecular formula is C24H24FN7. The number of nitrogen functional groups attached to an aromatic ring is 1. The fourth-order valence-electron chi connectivity index (χ4n) is 4.02. The van der Waals surface area contributed by atoms with Gasteiger partial charge < -0.3 is 25.8 Å². The number of alkyl halides is 1. The van der Waals surface area contributed by atoms with Crippen molar-refractivity contribution in [3.8, 4) is 11.3 Å². The van der Waals surface area contributed by atoms with E-state index in [-0.39, 0.29) is 0 Å². The van der Waals surface area contributed by atoms with Crippen molar-refractivity contribution < 1.29 is 4.39 Å². The Balaban J connectivity index is 1.43. The number of halogens is 1. The second-order valence-corrected chi connectivity index (χ2v) is 7.95. The van der Waals surface area contributed by atoms with Gasteiger partial charge in [-0.2, -0.15) is 0 Å². The predicted molar refractivity (Wildman–Crippen MR) is 127 cm³/mol. The van der Waals surface area contributed by atoms with Crippen LogP contribution >= 0.6 is 0 Å². The second-order valence-electron chi connectivity index (χ2n) is 7.95. The summed E-state index contributed by atoms with van der Waals surface area (Å²) in [5.41, 5.74) is 11.6. The van der Waals surface area contributed by atoms with E-state index in [9.17, 15) is 4.39 Å². The van der Waals surface area contributed by atoms with Crippen molar-refractivity contribution in [2.45, 2.75) is 19.0 Å². The van der Waals surface area contributed by atoms with Crippen LogP contribution in [0.15, 0.2) is 61.1 Å². The van der Waals surface area contributed by atoms with Crippen molar-refractivity contribution in [1.29, 1.82) is 5.41 Å². The van der Waals surface area contributed by atoms with Crippen molar-refractivity contribution >= 4 is 34.7 Å². The molecule has 4 aromatic rings. The van der Waals surface area contributed by atoms with Crippen LogP contribution in [0.1, 0.15) is 18.4 Å². The number of aromatic nitrogens is 3. The van der Waals surface area contributed by atoms with Crippen LogP contribution in [-0.2, 0) is 0 Å². The van der Waals surface area contributed by atoms with Crippen LogP contribution in [0.5, 0.6) is 0 Å². The van der Waals surface area contributed by atoms with Gasteiger partial charge in [-0.1, -0.05) is 12.1 Å². The second kappa shape index (κ2) is 8.30. The van der Waals surface area contributed by atoms with Gasteiger partial charge in [-0.05, 0) is 43.2 Å². The van der Waals surface area contributed by atoms with E-state index in [1.807, 2.05) is 59.3 Å². The standard InChI is InChI=1S/C24H24FN7/c25-18-7-10-31(11-8-18)20-5-3-19(4-6-20)29-23-24-28-9-12-32(24)15-22(30-23)16-1-2-17(14-26)21(27)13-16/h1-6,9,12-15,18,26H,7-8,10-11,27H2,(H,29,30). The van der Waals surface area contributed by atoms with Crippen LogP contribution in [0.3, 0.4) is 0 Å². The molecule has 32 heavy (non-hydrogen) atoms. The summed E-state index contributed by atoms with van der Waals surface area (Å²) < 4.78 is 15.3. The molecule has 0 bridgehead atoms. The van der Waals surface area contributed by atoms with Crippen molar-refractivity contribution in [1.82, 2.24) is 14.4 Å². The van der Waals surface area contributed by atoms with E-state index in [1.165, 1.54) is 6.21 Å². The molecule has 0 unspecified atom stereocenters. The number of rotatable bonds is 5. The Labute approximate surface area is 185 Å². The highest BCUT2D eigenvalue weighted by molar-refractivity contribution is 5.87. The monoisotopic (exact) mass is 429 g/mol. The van der Waals surface area contributed by atoms with Crippen molar-refractivity contribution in [2.24, 2.45) is 0 Å². The van der Waals surface area contributed by atoms with Crippen LogP contribution in [-0.4, -0.2) is 39.8 Å². The molecule has 0 amide bonds. The first-order valence-corrected chi connectivity index (χ1v) is 10.6. The maximum Gasteiger partial charge on any atom is 0.180 e. The van der Waals surface area contributed by atoms with Crippen LogP contribution in [0.4, 0.5) is 27.3 Å². The van der Waals surface area contributed by atoms with Crippen molar-refractivity contribution in [3.63, 3.8) is 0 Å². The molecule has 0 radical (unpaired) electrons. The third-order valence-electron chi connectivity index (χ3n) is 5.83. The Morgan fingerprint density at radius 3 is 2.62 bits per heavy atom. The van der Waals surface area contributed by atoms with Gasteiger partial charge in [0.05, 0.1) is 5.69 Å². The lowest BCUT2D eigenvalue weighted by molar-refractivity contribution is 0.277. The number of piperidine rings is 1. The number of hydrogen-bond acceptors (Lipinski definition) is 6. The molecule has 0 atom stereocenters. The van der Waals surface area contributed by atoms with E-state index in [0.717, 1.165) is 35.7 Å². The lowest BCUT2D eigenvalue weighted by Gasteiger charge is -2.30. The molecule has 0 spiro atoms. The summed E-state index contributed by atoms with van der Waals surface area (Å²) in [5.74, 6) is 0.633. The van der Waals surface area contributed by atoms with E-state index >= 15 is 0 Å². The normalized spacial score (nSPS) is 14.6. The fraction of sp³-hybridized carbons (Fsp3) is 0.208. The number of nitrogens with zero attached hydrogens (tertiary/aromatic N) is 4. The number of nitrogens with one attached hydrogen (secondary N) is 2. The summed E-state index contributed by atoms with van der Waals surface area (Å²) >= 11 is 0. The summed E-state index contributed by atoms with van der Waals surface area (Å²) in [4.78, 5) is 11.4. The highest BCUT2D eigenvalue weighted by Gasteiger charge is 2.18. The Kier molecular flexibility index (Phi) is 5.18. The summed E-state index contributed by atoms with van der Waals surface area (Å²) in [6, 6.07) is 13.6. The Morgan fingerprint density at radius 1 is 1.12 bits per heavy atom. The third-order valence-corrected chi connectivity index (χ3v) is 5.83. The minimum Gasteiger partial charge on any atom is -0.398 e. The third kappa shape index (κ3) is 3.87. The van der Waals surface area contributed by atoms with Gasteiger partial charge in [-0.3, -0.25) is 0 Å². The molecule has 4 N–H and O–H groups in total. The molecule has 5 rings (SSSR count). The molecular weight excluding hydrogens is 405 g/mol. The maximum absolute atomic E-state index is 13.4. The van der Waals surface area contributed by atoms with Gasteiger partial charge in [-0.25, -0.2) is 14.4 Å². The van der Waals surface area contributed by atoms with Crippen LogP contribution in [0, 0.1) is 5.41 Å². The quantitative estimate of drug-likeness (QED) is 0.317. The zero-order valence-corrected chi connectivity index (χ0v) is 17.5. The molecule has 1 aliphatic heterocycles. The highest BCUT2D eigenvalue weighted by atomic mass is 19.1. The Morgan fingerprint density at radius 2 is 1.91 bits per heavy atom. The van der Waals surface area contributed by atoms with E-state index < -0.39 is 6.17 Å². The lowest BCUT2D eigenvalue weighted by atomic mass is 10.1. The molecule has 162 valence electrons. The first kappa shape index (κ1) is 20.0. The minimum atomic E-state index is -0.681. The minimum absolute atomic E-state index is 0.534. The fourth-order valence-corrected chi connectivity index (χ4v) is 4.02. The number of fused-ring (bicyclic) bond motifs is 1. The average molecular weight is 430 g/mol. The molecule has 2 aromatic carbocycles. The van der Waals surface area contributed by atoms with Crippen molar-refractivity contribution in [2.75, 3.05) is 29.0 Å².